The highest BCUT2D eigenvalue weighted by molar-refractivity contribution is 5.79. The molecule has 0 aliphatic heterocycles. The molecule has 1 aromatic heterocycles. The van der Waals surface area contributed by atoms with E-state index < -0.39 is 0 Å². The summed E-state index contributed by atoms with van der Waals surface area (Å²) >= 11 is 0. The smallest absolute Gasteiger partial charge is 0.191 e. The second-order valence-electron chi connectivity index (χ2n) is 6.17. The van der Waals surface area contributed by atoms with Crippen molar-refractivity contribution in [2.45, 2.75) is 52.2 Å². The van der Waals surface area contributed by atoms with Crippen LogP contribution in [0.2, 0.25) is 0 Å². The van der Waals surface area contributed by atoms with E-state index >= 15 is 0 Å². The lowest BCUT2D eigenvalue weighted by Gasteiger charge is -2.25. The Kier molecular flexibility index (Phi) is 6.77. The van der Waals surface area contributed by atoms with Crippen LogP contribution < -0.4 is 10.6 Å². The number of nitrogens with zero attached hydrogens (tertiary/aromatic N) is 3. The number of guanidine groups is 1. The number of rotatable bonds is 9. The summed E-state index contributed by atoms with van der Waals surface area (Å²) in [6, 6.07) is 5.53. The standard InChI is InChI=1S/C17H31N5/c1-4-18-17(19-9-13-21-11-5-6-12-21)20-10-14-22(15(2)3)16-7-8-16/h5-6,11-12,15-16H,4,7-10,13-14H2,1-3H3,(H2,18,19,20). The maximum absolute atomic E-state index is 4.71. The minimum absolute atomic E-state index is 0.618. The van der Waals surface area contributed by atoms with Gasteiger partial charge in [0.15, 0.2) is 5.96 Å². The summed E-state index contributed by atoms with van der Waals surface area (Å²) in [5.74, 6) is 0.925. The monoisotopic (exact) mass is 305 g/mol. The van der Waals surface area contributed by atoms with Crippen molar-refractivity contribution in [1.82, 2.24) is 20.1 Å². The molecule has 1 aromatic rings. The van der Waals surface area contributed by atoms with E-state index in [1.165, 1.54) is 12.8 Å². The van der Waals surface area contributed by atoms with Crippen molar-refractivity contribution >= 4 is 5.96 Å². The zero-order valence-corrected chi connectivity index (χ0v) is 14.3. The highest BCUT2D eigenvalue weighted by atomic mass is 15.2. The molecule has 2 rings (SSSR count). The summed E-state index contributed by atoms with van der Waals surface area (Å²) < 4.78 is 2.17. The number of aromatic nitrogens is 1. The molecule has 1 saturated carbocycles. The Bertz CT molecular complexity index is 432. The average molecular weight is 305 g/mol. The predicted octanol–water partition coefficient (Wildman–Crippen LogP) is 1.92. The van der Waals surface area contributed by atoms with Crippen LogP contribution >= 0.6 is 0 Å². The van der Waals surface area contributed by atoms with E-state index in [1.54, 1.807) is 0 Å². The highest BCUT2D eigenvalue weighted by Gasteiger charge is 2.29. The zero-order valence-electron chi connectivity index (χ0n) is 14.3. The second-order valence-corrected chi connectivity index (χ2v) is 6.17. The molecule has 0 unspecified atom stereocenters. The van der Waals surface area contributed by atoms with Gasteiger partial charge < -0.3 is 15.2 Å². The molecule has 1 aliphatic carbocycles. The van der Waals surface area contributed by atoms with Gasteiger partial charge in [0.2, 0.25) is 0 Å². The van der Waals surface area contributed by atoms with Gasteiger partial charge in [-0.1, -0.05) is 0 Å². The van der Waals surface area contributed by atoms with Crippen LogP contribution in [0.25, 0.3) is 0 Å². The van der Waals surface area contributed by atoms with Crippen LogP contribution in [0.4, 0.5) is 0 Å². The third kappa shape index (κ3) is 5.72. The molecule has 5 heteroatoms. The Hall–Kier alpha value is -1.49. The minimum Gasteiger partial charge on any atom is -0.357 e. The van der Waals surface area contributed by atoms with Crippen molar-refractivity contribution in [2.24, 2.45) is 4.99 Å². The maximum atomic E-state index is 4.71. The van der Waals surface area contributed by atoms with Gasteiger partial charge in [-0.05, 0) is 45.7 Å². The Morgan fingerprint density at radius 2 is 2.00 bits per heavy atom. The quantitative estimate of drug-likeness (QED) is 0.541. The first-order chi connectivity index (χ1) is 10.7. The fourth-order valence-electron chi connectivity index (χ4n) is 2.71. The summed E-state index contributed by atoms with van der Waals surface area (Å²) in [6.45, 7) is 11.3. The average Bonchev–Trinajstić information content (AvgIpc) is 3.19. The van der Waals surface area contributed by atoms with Crippen molar-refractivity contribution in [3.8, 4) is 0 Å². The summed E-state index contributed by atoms with van der Waals surface area (Å²) in [5, 5.41) is 6.73. The van der Waals surface area contributed by atoms with E-state index in [2.05, 4.69) is 65.4 Å². The van der Waals surface area contributed by atoms with Gasteiger partial charge in [-0.2, -0.15) is 0 Å². The van der Waals surface area contributed by atoms with E-state index in [4.69, 9.17) is 4.99 Å². The minimum atomic E-state index is 0.618. The third-order valence-corrected chi connectivity index (χ3v) is 3.98. The molecule has 1 heterocycles. The SMILES string of the molecule is CCNC(=NCCN(C(C)C)C1CC1)NCCn1cccc1. The highest BCUT2D eigenvalue weighted by Crippen LogP contribution is 2.28. The molecule has 22 heavy (non-hydrogen) atoms. The summed E-state index contributed by atoms with van der Waals surface area (Å²) in [5.41, 5.74) is 0. The second kappa shape index (κ2) is 8.83. The van der Waals surface area contributed by atoms with Crippen molar-refractivity contribution < 1.29 is 0 Å². The lowest BCUT2D eigenvalue weighted by Crippen LogP contribution is -2.40. The van der Waals surface area contributed by atoms with Crippen LogP contribution in [-0.4, -0.2) is 53.7 Å². The van der Waals surface area contributed by atoms with Gasteiger partial charge in [0.05, 0.1) is 6.54 Å². The molecule has 0 aromatic carbocycles. The number of aliphatic imine (C=N–C) groups is 1. The fraction of sp³-hybridized carbons (Fsp3) is 0.706. The van der Waals surface area contributed by atoms with Gasteiger partial charge in [0, 0.05) is 50.7 Å². The molecule has 2 N–H and O–H groups in total. The molecule has 0 amide bonds. The van der Waals surface area contributed by atoms with Crippen molar-refractivity contribution in [2.75, 3.05) is 26.2 Å². The zero-order chi connectivity index (χ0) is 15.8. The van der Waals surface area contributed by atoms with Crippen LogP contribution in [-0.2, 0) is 6.54 Å². The lowest BCUT2D eigenvalue weighted by atomic mass is 10.3. The van der Waals surface area contributed by atoms with Crippen LogP contribution in [0.3, 0.4) is 0 Å². The molecule has 0 saturated heterocycles. The molecular weight excluding hydrogens is 274 g/mol. The van der Waals surface area contributed by atoms with Crippen molar-refractivity contribution in [1.29, 1.82) is 0 Å². The van der Waals surface area contributed by atoms with Crippen LogP contribution in [0, 0.1) is 0 Å². The van der Waals surface area contributed by atoms with Crippen molar-refractivity contribution in [3.63, 3.8) is 0 Å². The van der Waals surface area contributed by atoms with Gasteiger partial charge >= 0.3 is 0 Å². The molecule has 0 bridgehead atoms. The Morgan fingerprint density at radius 1 is 1.27 bits per heavy atom. The predicted molar refractivity (Wildman–Crippen MR) is 93.3 cm³/mol. The van der Waals surface area contributed by atoms with E-state index in [9.17, 15) is 0 Å². The number of hydrogen-bond donors (Lipinski definition) is 2. The van der Waals surface area contributed by atoms with Crippen LogP contribution in [0.1, 0.15) is 33.6 Å². The van der Waals surface area contributed by atoms with Gasteiger partial charge in [-0.3, -0.25) is 9.89 Å². The van der Waals surface area contributed by atoms with Gasteiger partial charge in [0.1, 0.15) is 0 Å². The van der Waals surface area contributed by atoms with Gasteiger partial charge in [0.25, 0.3) is 0 Å². The fourth-order valence-corrected chi connectivity index (χ4v) is 2.71. The molecule has 1 aliphatic rings. The normalized spacial score (nSPS) is 15.6. The first-order valence-corrected chi connectivity index (χ1v) is 8.59. The Balaban J connectivity index is 1.73. The first-order valence-electron chi connectivity index (χ1n) is 8.59. The van der Waals surface area contributed by atoms with Gasteiger partial charge in [-0.15, -0.1) is 0 Å². The number of hydrogen-bond acceptors (Lipinski definition) is 2. The van der Waals surface area contributed by atoms with E-state index in [1.807, 2.05) is 0 Å². The summed E-state index contributed by atoms with van der Waals surface area (Å²) in [6.07, 6.45) is 6.89. The van der Waals surface area contributed by atoms with E-state index in [-0.39, 0.29) is 0 Å². The summed E-state index contributed by atoms with van der Waals surface area (Å²) in [7, 11) is 0. The Morgan fingerprint density at radius 3 is 2.59 bits per heavy atom. The molecule has 0 atom stereocenters. The third-order valence-electron chi connectivity index (χ3n) is 3.98. The van der Waals surface area contributed by atoms with Gasteiger partial charge in [-0.25, -0.2) is 0 Å². The largest absolute Gasteiger partial charge is 0.357 e. The van der Waals surface area contributed by atoms with Crippen molar-refractivity contribution in [3.05, 3.63) is 24.5 Å². The van der Waals surface area contributed by atoms with E-state index in [0.717, 1.165) is 44.7 Å². The summed E-state index contributed by atoms with van der Waals surface area (Å²) in [4.78, 5) is 7.28. The molecule has 1 fully saturated rings. The molecule has 0 spiro atoms. The van der Waals surface area contributed by atoms with Crippen LogP contribution in [0.5, 0.6) is 0 Å². The topological polar surface area (TPSA) is 44.6 Å². The first kappa shape index (κ1) is 16.9. The molecule has 0 radical (unpaired) electrons. The van der Waals surface area contributed by atoms with Crippen LogP contribution in [0.15, 0.2) is 29.5 Å². The maximum Gasteiger partial charge on any atom is 0.191 e. The number of nitrogens with one attached hydrogen (secondary N) is 2. The molecular formula is C17H31N5. The van der Waals surface area contributed by atoms with E-state index in [0.29, 0.717) is 6.04 Å². The molecule has 124 valence electrons. The lowest BCUT2D eigenvalue weighted by molar-refractivity contribution is 0.218. The molecule has 5 nitrogen and oxygen atoms in total. The Labute approximate surface area is 134 Å².